The topological polar surface area (TPSA) is 115 Å². The summed E-state index contributed by atoms with van der Waals surface area (Å²) in [7, 11) is -3.67. The van der Waals surface area contributed by atoms with Crippen LogP contribution in [0.4, 0.5) is 0 Å². The number of benzene rings is 1. The summed E-state index contributed by atoms with van der Waals surface area (Å²) < 4.78 is 30.8. The zero-order valence-corrected chi connectivity index (χ0v) is 16.3. The van der Waals surface area contributed by atoms with Crippen molar-refractivity contribution in [2.24, 2.45) is 0 Å². The summed E-state index contributed by atoms with van der Waals surface area (Å²) in [6, 6.07) is 4.08. The lowest BCUT2D eigenvalue weighted by Gasteiger charge is -2.11. The molecule has 0 saturated carbocycles. The van der Waals surface area contributed by atoms with E-state index >= 15 is 0 Å². The number of carbonyl (C=O) groups excluding carboxylic acids is 1. The fourth-order valence-corrected chi connectivity index (χ4v) is 3.99. The van der Waals surface area contributed by atoms with Crippen LogP contribution in [0, 0.1) is 6.92 Å². The molecule has 0 aliphatic heterocycles. The molecule has 0 radical (unpaired) electrons. The van der Waals surface area contributed by atoms with Crippen LogP contribution in [0.1, 0.15) is 28.5 Å². The smallest absolute Gasteiger partial charge is 0.277 e. The van der Waals surface area contributed by atoms with Crippen LogP contribution in [-0.4, -0.2) is 35.4 Å². The van der Waals surface area contributed by atoms with E-state index in [4.69, 9.17) is 16.1 Å². The lowest BCUT2D eigenvalue weighted by molar-refractivity contribution is 0.103. The molecule has 0 atom stereocenters. The van der Waals surface area contributed by atoms with Gasteiger partial charge in [-0.2, -0.15) is 0 Å². The van der Waals surface area contributed by atoms with Crippen molar-refractivity contribution in [1.29, 1.82) is 0 Å². The molecular formula is C17H16ClN3O5S. The second-order valence-electron chi connectivity index (χ2n) is 5.97. The summed E-state index contributed by atoms with van der Waals surface area (Å²) in [5.41, 5.74) is -0.0217. The minimum absolute atomic E-state index is 0.00697. The molecule has 3 aromatic rings. The molecule has 142 valence electrons. The van der Waals surface area contributed by atoms with Crippen LogP contribution >= 0.6 is 11.6 Å². The number of aromatic amines is 1. The molecule has 10 heteroatoms. The van der Waals surface area contributed by atoms with Crippen molar-refractivity contribution in [1.82, 2.24) is 14.9 Å². The summed E-state index contributed by atoms with van der Waals surface area (Å²) in [6.07, 6.45) is 2.33. The molecule has 1 N–H and O–H groups in total. The number of sulfone groups is 1. The molecule has 2 heterocycles. The molecule has 0 amide bonds. The third-order valence-corrected chi connectivity index (χ3v) is 5.56. The lowest BCUT2D eigenvalue weighted by atomic mass is 10.0. The predicted octanol–water partition coefficient (Wildman–Crippen LogP) is 2.45. The second kappa shape index (κ2) is 6.82. The Morgan fingerprint density at radius 2 is 2.04 bits per heavy atom. The van der Waals surface area contributed by atoms with E-state index in [2.05, 4.69) is 10.3 Å². The van der Waals surface area contributed by atoms with Crippen molar-refractivity contribution in [3.05, 3.63) is 56.6 Å². The van der Waals surface area contributed by atoms with Crippen molar-refractivity contribution in [2.75, 3.05) is 6.26 Å². The molecule has 0 aliphatic rings. The molecule has 0 fully saturated rings. The Labute approximate surface area is 159 Å². The van der Waals surface area contributed by atoms with Gasteiger partial charge in [-0.1, -0.05) is 16.8 Å². The third kappa shape index (κ3) is 3.35. The zero-order chi connectivity index (χ0) is 19.9. The Kier molecular flexibility index (Phi) is 4.83. The predicted molar refractivity (Wildman–Crippen MR) is 99.0 cm³/mol. The summed E-state index contributed by atoms with van der Waals surface area (Å²) >= 11 is 6.41. The quantitative estimate of drug-likeness (QED) is 0.647. The van der Waals surface area contributed by atoms with Crippen LogP contribution in [0.5, 0.6) is 0 Å². The van der Waals surface area contributed by atoms with Crippen molar-refractivity contribution in [2.45, 2.75) is 25.3 Å². The number of aromatic nitrogens is 3. The second-order valence-corrected chi connectivity index (χ2v) is 8.33. The van der Waals surface area contributed by atoms with Gasteiger partial charge in [0.15, 0.2) is 15.6 Å². The van der Waals surface area contributed by atoms with Gasteiger partial charge in [0.1, 0.15) is 5.56 Å². The molecule has 3 rings (SSSR count). The maximum atomic E-state index is 12.9. The first-order valence-corrected chi connectivity index (χ1v) is 10.2. The first-order valence-electron chi connectivity index (χ1n) is 7.94. The van der Waals surface area contributed by atoms with Crippen molar-refractivity contribution in [3.63, 3.8) is 0 Å². The average molecular weight is 410 g/mol. The first-order chi connectivity index (χ1) is 12.6. The van der Waals surface area contributed by atoms with E-state index in [-0.39, 0.29) is 32.4 Å². The van der Waals surface area contributed by atoms with Crippen LogP contribution in [0.25, 0.3) is 11.3 Å². The van der Waals surface area contributed by atoms with Crippen LogP contribution in [-0.2, 0) is 16.4 Å². The molecule has 2 aromatic heterocycles. The fourth-order valence-electron chi connectivity index (χ4n) is 2.70. The summed E-state index contributed by atoms with van der Waals surface area (Å²) in [6.45, 7) is 3.79. The summed E-state index contributed by atoms with van der Waals surface area (Å²) in [4.78, 5) is 25.0. The van der Waals surface area contributed by atoms with E-state index in [1.807, 2.05) is 0 Å². The minimum atomic E-state index is -3.67. The number of halogens is 1. The Bertz CT molecular complexity index is 1200. The molecule has 0 aliphatic carbocycles. The molecule has 0 saturated heterocycles. The van der Waals surface area contributed by atoms with Crippen LogP contribution in [0.2, 0.25) is 5.02 Å². The molecule has 1 aromatic carbocycles. The standard InChI is InChI=1S/C17H16ClN3O5S/c1-4-21-17(23)11(8-19-21)16(22)10-5-6-13(27(3,24)25)14(15(10)18)12-7-9(2)20-26-12/h5-8,19H,4H2,1-3H3. The first kappa shape index (κ1) is 19.1. The van der Waals surface area contributed by atoms with Gasteiger partial charge >= 0.3 is 0 Å². The maximum Gasteiger partial charge on any atom is 0.277 e. The zero-order valence-electron chi connectivity index (χ0n) is 14.7. The number of H-pyrrole nitrogens is 1. The van der Waals surface area contributed by atoms with Crippen LogP contribution in [0.3, 0.4) is 0 Å². The number of aryl methyl sites for hydroxylation is 2. The highest BCUT2D eigenvalue weighted by atomic mass is 35.5. The number of ketones is 1. The number of rotatable bonds is 5. The van der Waals surface area contributed by atoms with Gasteiger partial charge in [0.25, 0.3) is 5.56 Å². The minimum Gasteiger partial charge on any atom is -0.356 e. The van der Waals surface area contributed by atoms with Gasteiger partial charge in [-0.05, 0) is 26.0 Å². The van der Waals surface area contributed by atoms with Crippen molar-refractivity contribution < 1.29 is 17.7 Å². The molecule has 27 heavy (non-hydrogen) atoms. The van der Waals surface area contributed by atoms with Crippen LogP contribution in [0.15, 0.2) is 38.6 Å². The van der Waals surface area contributed by atoms with Gasteiger partial charge in [0.2, 0.25) is 5.78 Å². The SMILES string of the molecule is CCn1[nH]cc(C(=O)c2ccc(S(C)(=O)=O)c(-c3cc(C)no3)c2Cl)c1=O. The maximum absolute atomic E-state index is 12.9. The number of hydrogen-bond donors (Lipinski definition) is 1. The van der Waals surface area contributed by atoms with Crippen molar-refractivity contribution in [3.8, 4) is 11.3 Å². The Morgan fingerprint density at radius 3 is 2.56 bits per heavy atom. The number of hydrogen-bond acceptors (Lipinski definition) is 6. The number of nitrogens with zero attached hydrogens (tertiary/aromatic N) is 2. The molecule has 0 unspecified atom stereocenters. The van der Waals surface area contributed by atoms with Crippen molar-refractivity contribution >= 4 is 27.2 Å². The Morgan fingerprint density at radius 1 is 1.33 bits per heavy atom. The molecule has 0 spiro atoms. The van der Waals surface area contributed by atoms with E-state index in [1.165, 1.54) is 29.1 Å². The Hall–Kier alpha value is -2.65. The largest absolute Gasteiger partial charge is 0.356 e. The van der Waals surface area contributed by atoms with Crippen LogP contribution < -0.4 is 5.56 Å². The van der Waals surface area contributed by atoms with E-state index < -0.39 is 21.2 Å². The van der Waals surface area contributed by atoms with E-state index in [0.717, 1.165) is 6.26 Å². The monoisotopic (exact) mass is 409 g/mol. The number of nitrogens with one attached hydrogen (secondary N) is 1. The highest BCUT2D eigenvalue weighted by Crippen LogP contribution is 2.37. The summed E-state index contributed by atoms with van der Waals surface area (Å²) in [5.74, 6) is -0.501. The lowest BCUT2D eigenvalue weighted by Crippen LogP contribution is -2.21. The van der Waals surface area contributed by atoms with Gasteiger partial charge in [-0.3, -0.25) is 14.3 Å². The van der Waals surface area contributed by atoms with Gasteiger partial charge in [0.05, 0.1) is 21.2 Å². The third-order valence-electron chi connectivity index (χ3n) is 4.02. The van der Waals surface area contributed by atoms with E-state index in [0.29, 0.717) is 12.2 Å². The summed E-state index contributed by atoms with van der Waals surface area (Å²) in [5, 5.41) is 6.32. The van der Waals surface area contributed by atoms with Gasteiger partial charge in [0, 0.05) is 30.6 Å². The van der Waals surface area contributed by atoms with Gasteiger partial charge in [-0.25, -0.2) is 8.42 Å². The Balaban J connectivity index is 2.25. The molecule has 0 bridgehead atoms. The molecule has 8 nitrogen and oxygen atoms in total. The fraction of sp³-hybridized carbons (Fsp3) is 0.235. The van der Waals surface area contributed by atoms with E-state index in [1.54, 1.807) is 13.8 Å². The normalized spacial score (nSPS) is 11.7. The number of carbonyl (C=O) groups is 1. The van der Waals surface area contributed by atoms with Gasteiger partial charge in [-0.15, -0.1) is 0 Å². The van der Waals surface area contributed by atoms with Gasteiger partial charge < -0.3 is 9.62 Å². The average Bonchev–Trinajstić information content (AvgIpc) is 3.18. The van der Waals surface area contributed by atoms with E-state index in [9.17, 15) is 18.0 Å². The highest BCUT2D eigenvalue weighted by molar-refractivity contribution is 7.90. The highest BCUT2D eigenvalue weighted by Gasteiger charge is 2.27. The molecular weight excluding hydrogens is 394 g/mol.